The number of amides is 1. The highest BCUT2D eigenvalue weighted by atomic mass is 16.4. The average molecular weight is 279 g/mol. The van der Waals surface area contributed by atoms with Crippen molar-refractivity contribution in [1.82, 2.24) is 14.5 Å². The summed E-state index contributed by atoms with van der Waals surface area (Å²) in [5.41, 5.74) is 0. The molecule has 1 unspecified atom stereocenters. The quantitative estimate of drug-likeness (QED) is 0.859. The lowest BCUT2D eigenvalue weighted by Crippen LogP contribution is -2.41. The van der Waals surface area contributed by atoms with Gasteiger partial charge in [-0.05, 0) is 19.3 Å². The summed E-state index contributed by atoms with van der Waals surface area (Å²) in [6.45, 7) is 2.63. The van der Waals surface area contributed by atoms with E-state index >= 15 is 0 Å². The number of aromatic nitrogens is 2. The molecule has 0 spiro atoms. The van der Waals surface area contributed by atoms with Gasteiger partial charge in [0.1, 0.15) is 6.04 Å². The zero-order chi connectivity index (χ0) is 14.5. The first-order valence-corrected chi connectivity index (χ1v) is 7.13. The van der Waals surface area contributed by atoms with E-state index in [1.807, 2.05) is 10.8 Å². The van der Waals surface area contributed by atoms with E-state index < -0.39 is 12.0 Å². The molecule has 0 saturated carbocycles. The number of likely N-dealkylation sites (tertiary alicyclic amines) is 1. The summed E-state index contributed by atoms with van der Waals surface area (Å²) >= 11 is 0. The van der Waals surface area contributed by atoms with Crippen LogP contribution < -0.4 is 0 Å². The monoisotopic (exact) mass is 279 g/mol. The van der Waals surface area contributed by atoms with Gasteiger partial charge in [-0.2, -0.15) is 0 Å². The minimum absolute atomic E-state index is 0.0602. The Balaban J connectivity index is 2.03. The van der Waals surface area contributed by atoms with E-state index in [0.29, 0.717) is 19.4 Å². The van der Waals surface area contributed by atoms with Crippen molar-refractivity contribution in [2.24, 2.45) is 0 Å². The molecule has 2 rings (SSSR count). The number of carboxylic acid groups (broad SMARTS) is 1. The second-order valence-corrected chi connectivity index (χ2v) is 5.24. The summed E-state index contributed by atoms with van der Waals surface area (Å²) in [4.78, 5) is 29.1. The molecule has 1 aliphatic rings. The van der Waals surface area contributed by atoms with Crippen LogP contribution in [0.3, 0.4) is 0 Å². The highest BCUT2D eigenvalue weighted by Crippen LogP contribution is 2.23. The Morgan fingerprint density at radius 3 is 2.90 bits per heavy atom. The van der Waals surface area contributed by atoms with Crippen LogP contribution in [0.25, 0.3) is 0 Å². The SMILES string of the molecule is CCCC(CC(=O)N1CCC[C@@H]1C(=O)O)n1ccnc1. The van der Waals surface area contributed by atoms with Crippen LogP contribution >= 0.6 is 0 Å². The zero-order valence-corrected chi connectivity index (χ0v) is 11.7. The van der Waals surface area contributed by atoms with Gasteiger partial charge in [-0.25, -0.2) is 9.78 Å². The summed E-state index contributed by atoms with van der Waals surface area (Å²) in [7, 11) is 0. The van der Waals surface area contributed by atoms with Crippen LogP contribution in [-0.2, 0) is 9.59 Å². The fraction of sp³-hybridized carbons (Fsp3) is 0.643. The molecule has 0 bridgehead atoms. The van der Waals surface area contributed by atoms with Gasteiger partial charge in [0.15, 0.2) is 0 Å². The molecule has 1 aromatic rings. The Morgan fingerprint density at radius 1 is 1.50 bits per heavy atom. The number of carbonyl (C=O) groups excluding carboxylic acids is 1. The summed E-state index contributed by atoms with van der Waals surface area (Å²) < 4.78 is 1.94. The van der Waals surface area contributed by atoms with Crippen molar-refractivity contribution >= 4 is 11.9 Å². The number of aliphatic carboxylic acids is 1. The zero-order valence-electron chi connectivity index (χ0n) is 11.7. The van der Waals surface area contributed by atoms with E-state index in [-0.39, 0.29) is 11.9 Å². The van der Waals surface area contributed by atoms with Gasteiger partial charge in [0.2, 0.25) is 5.91 Å². The largest absolute Gasteiger partial charge is 0.480 e. The Labute approximate surface area is 118 Å². The van der Waals surface area contributed by atoms with E-state index in [2.05, 4.69) is 11.9 Å². The third-order valence-electron chi connectivity index (χ3n) is 3.84. The molecule has 1 aliphatic heterocycles. The molecular weight excluding hydrogens is 258 g/mol. The molecule has 1 saturated heterocycles. The van der Waals surface area contributed by atoms with Crippen molar-refractivity contribution in [1.29, 1.82) is 0 Å². The molecule has 0 aromatic carbocycles. The molecule has 0 radical (unpaired) electrons. The Hall–Kier alpha value is -1.85. The standard InChI is InChI=1S/C14H21N3O3/c1-2-4-11(16-8-6-15-10-16)9-13(18)17-7-3-5-12(17)14(19)20/h6,8,10-12H,2-5,7,9H2,1H3,(H,19,20)/t11?,12-/m1/s1. The topological polar surface area (TPSA) is 75.4 Å². The molecule has 110 valence electrons. The smallest absolute Gasteiger partial charge is 0.326 e. The third-order valence-corrected chi connectivity index (χ3v) is 3.84. The van der Waals surface area contributed by atoms with E-state index in [1.165, 1.54) is 4.90 Å². The van der Waals surface area contributed by atoms with Gasteiger partial charge in [0.05, 0.1) is 6.33 Å². The van der Waals surface area contributed by atoms with Crippen molar-refractivity contribution in [2.75, 3.05) is 6.54 Å². The van der Waals surface area contributed by atoms with Gasteiger partial charge >= 0.3 is 5.97 Å². The van der Waals surface area contributed by atoms with Crippen molar-refractivity contribution in [2.45, 2.75) is 51.1 Å². The van der Waals surface area contributed by atoms with E-state index in [9.17, 15) is 9.59 Å². The van der Waals surface area contributed by atoms with E-state index in [0.717, 1.165) is 19.3 Å². The lowest BCUT2D eigenvalue weighted by atomic mass is 10.1. The number of hydrogen-bond donors (Lipinski definition) is 1. The minimum Gasteiger partial charge on any atom is -0.480 e. The van der Waals surface area contributed by atoms with E-state index in [1.54, 1.807) is 12.5 Å². The summed E-state index contributed by atoms with van der Waals surface area (Å²) in [6, 6.07) is -0.586. The lowest BCUT2D eigenvalue weighted by molar-refractivity contribution is -0.148. The predicted molar refractivity (Wildman–Crippen MR) is 73.2 cm³/mol. The van der Waals surface area contributed by atoms with Crippen LogP contribution in [0.4, 0.5) is 0 Å². The molecule has 1 amide bonds. The Bertz CT molecular complexity index is 458. The number of hydrogen-bond acceptors (Lipinski definition) is 3. The molecule has 6 heteroatoms. The maximum atomic E-state index is 12.4. The molecule has 1 N–H and O–H groups in total. The average Bonchev–Trinajstić information content (AvgIpc) is 3.09. The minimum atomic E-state index is -0.898. The molecule has 2 heterocycles. The third kappa shape index (κ3) is 3.18. The van der Waals surface area contributed by atoms with Gasteiger partial charge in [-0.3, -0.25) is 4.79 Å². The number of rotatable bonds is 6. The van der Waals surface area contributed by atoms with Crippen LogP contribution in [0.2, 0.25) is 0 Å². The fourth-order valence-corrected chi connectivity index (χ4v) is 2.82. The van der Waals surface area contributed by atoms with Crippen LogP contribution in [-0.4, -0.2) is 44.0 Å². The highest BCUT2D eigenvalue weighted by Gasteiger charge is 2.34. The van der Waals surface area contributed by atoms with Crippen LogP contribution in [0.15, 0.2) is 18.7 Å². The fourth-order valence-electron chi connectivity index (χ4n) is 2.82. The van der Waals surface area contributed by atoms with Crippen LogP contribution in [0.5, 0.6) is 0 Å². The number of nitrogens with zero attached hydrogens (tertiary/aromatic N) is 3. The summed E-state index contributed by atoms with van der Waals surface area (Å²) in [5.74, 6) is -0.965. The van der Waals surface area contributed by atoms with Crippen LogP contribution in [0, 0.1) is 0 Å². The van der Waals surface area contributed by atoms with Gasteiger partial charge in [-0.15, -0.1) is 0 Å². The first-order valence-electron chi connectivity index (χ1n) is 7.13. The normalized spacial score (nSPS) is 20.1. The number of carboxylic acids is 1. The predicted octanol–water partition coefficient (Wildman–Crippen LogP) is 1.69. The number of carbonyl (C=O) groups is 2. The van der Waals surface area contributed by atoms with Gasteiger partial charge in [0.25, 0.3) is 0 Å². The molecule has 6 nitrogen and oxygen atoms in total. The first kappa shape index (κ1) is 14.6. The van der Waals surface area contributed by atoms with Gasteiger partial charge < -0.3 is 14.6 Å². The lowest BCUT2D eigenvalue weighted by Gasteiger charge is -2.25. The Morgan fingerprint density at radius 2 is 2.30 bits per heavy atom. The van der Waals surface area contributed by atoms with E-state index in [4.69, 9.17) is 5.11 Å². The summed E-state index contributed by atoms with van der Waals surface area (Å²) in [5, 5.41) is 9.14. The molecule has 2 atom stereocenters. The first-order chi connectivity index (χ1) is 9.63. The van der Waals surface area contributed by atoms with Gasteiger partial charge in [0, 0.05) is 31.4 Å². The second-order valence-electron chi connectivity index (χ2n) is 5.24. The Kier molecular flexibility index (Phi) is 4.76. The van der Waals surface area contributed by atoms with Crippen LogP contribution in [0.1, 0.15) is 45.1 Å². The molecule has 1 aromatic heterocycles. The van der Waals surface area contributed by atoms with Crippen molar-refractivity contribution in [3.05, 3.63) is 18.7 Å². The maximum Gasteiger partial charge on any atom is 0.326 e. The summed E-state index contributed by atoms with van der Waals surface area (Å²) in [6.07, 6.45) is 8.79. The maximum absolute atomic E-state index is 12.4. The van der Waals surface area contributed by atoms with Gasteiger partial charge in [-0.1, -0.05) is 13.3 Å². The second kappa shape index (κ2) is 6.54. The number of imidazole rings is 1. The molecule has 20 heavy (non-hydrogen) atoms. The highest BCUT2D eigenvalue weighted by molar-refractivity contribution is 5.84. The van der Waals surface area contributed by atoms with Crippen molar-refractivity contribution in [3.63, 3.8) is 0 Å². The molecular formula is C14H21N3O3. The molecule has 0 aliphatic carbocycles. The molecule has 1 fully saturated rings. The van der Waals surface area contributed by atoms with Crippen molar-refractivity contribution < 1.29 is 14.7 Å². The van der Waals surface area contributed by atoms with Crippen molar-refractivity contribution in [3.8, 4) is 0 Å².